The topological polar surface area (TPSA) is 48.2 Å². The van der Waals surface area contributed by atoms with Crippen LogP contribution in [0.3, 0.4) is 0 Å². The molecular formula is C12H23N3O2. The maximum Gasteiger partial charge on any atom is 0.327 e. The van der Waals surface area contributed by atoms with Gasteiger partial charge in [0.15, 0.2) is 0 Å². The quantitative estimate of drug-likeness (QED) is 0.678. The molecule has 5 heteroatoms. The van der Waals surface area contributed by atoms with Gasteiger partial charge in [0.2, 0.25) is 0 Å². The first-order valence-corrected chi connectivity index (χ1v) is 6.15. The van der Waals surface area contributed by atoms with E-state index >= 15 is 0 Å². The molecule has 0 aliphatic rings. The summed E-state index contributed by atoms with van der Waals surface area (Å²) in [5, 5.41) is 3.30. The number of hydrogen-bond acceptors (Lipinski definition) is 3. The van der Waals surface area contributed by atoms with Crippen molar-refractivity contribution in [1.29, 1.82) is 0 Å². The monoisotopic (exact) mass is 241 g/mol. The lowest BCUT2D eigenvalue weighted by atomic mass is 10.4. The minimum Gasteiger partial charge on any atom is -0.379 e. The average Bonchev–Trinajstić information content (AvgIpc) is 2.59. The van der Waals surface area contributed by atoms with Crippen LogP contribution in [0.5, 0.6) is 0 Å². The van der Waals surface area contributed by atoms with Gasteiger partial charge in [-0.15, -0.1) is 0 Å². The summed E-state index contributed by atoms with van der Waals surface area (Å²) in [6.45, 7) is 7.31. The summed E-state index contributed by atoms with van der Waals surface area (Å²) in [6, 6.07) is 0. The smallest absolute Gasteiger partial charge is 0.327 e. The molecule has 0 spiro atoms. The molecule has 17 heavy (non-hydrogen) atoms. The summed E-state index contributed by atoms with van der Waals surface area (Å²) in [5.74, 6) is 0. The summed E-state index contributed by atoms with van der Waals surface area (Å²) >= 11 is 0. The molecule has 1 N–H and O–H groups in total. The van der Waals surface area contributed by atoms with E-state index in [2.05, 4.69) is 5.32 Å². The van der Waals surface area contributed by atoms with Crippen LogP contribution in [0.25, 0.3) is 0 Å². The van der Waals surface area contributed by atoms with Crippen LogP contribution < -0.4 is 11.0 Å². The van der Waals surface area contributed by atoms with Crippen molar-refractivity contribution >= 4 is 0 Å². The van der Waals surface area contributed by atoms with Crippen molar-refractivity contribution in [2.24, 2.45) is 7.05 Å². The van der Waals surface area contributed by atoms with E-state index in [1.807, 2.05) is 20.0 Å². The minimum absolute atomic E-state index is 0.0370. The van der Waals surface area contributed by atoms with Crippen LogP contribution in [-0.2, 0) is 18.3 Å². The molecular weight excluding hydrogens is 218 g/mol. The average molecular weight is 241 g/mol. The molecule has 0 atom stereocenters. The van der Waals surface area contributed by atoms with E-state index in [1.54, 1.807) is 22.4 Å². The Morgan fingerprint density at radius 3 is 2.71 bits per heavy atom. The van der Waals surface area contributed by atoms with E-state index < -0.39 is 0 Å². The van der Waals surface area contributed by atoms with Gasteiger partial charge in [0, 0.05) is 39.1 Å². The van der Waals surface area contributed by atoms with Crippen molar-refractivity contribution in [2.45, 2.75) is 32.9 Å². The predicted molar refractivity (Wildman–Crippen MR) is 68.2 cm³/mol. The van der Waals surface area contributed by atoms with E-state index in [9.17, 15) is 4.79 Å². The van der Waals surface area contributed by atoms with Crippen molar-refractivity contribution in [3.63, 3.8) is 0 Å². The van der Waals surface area contributed by atoms with Crippen molar-refractivity contribution in [2.75, 3.05) is 19.7 Å². The molecule has 1 heterocycles. The van der Waals surface area contributed by atoms with Crippen molar-refractivity contribution in [3.8, 4) is 0 Å². The molecule has 0 bridgehead atoms. The Morgan fingerprint density at radius 2 is 2.12 bits per heavy atom. The molecule has 0 fully saturated rings. The highest BCUT2D eigenvalue weighted by molar-refractivity contribution is 4.79. The van der Waals surface area contributed by atoms with Gasteiger partial charge in [0.05, 0.1) is 6.10 Å². The van der Waals surface area contributed by atoms with Crippen molar-refractivity contribution in [3.05, 3.63) is 22.9 Å². The van der Waals surface area contributed by atoms with Gasteiger partial charge >= 0.3 is 5.69 Å². The van der Waals surface area contributed by atoms with Crippen LogP contribution in [-0.4, -0.2) is 34.9 Å². The molecule has 0 amide bonds. The molecule has 0 aromatic carbocycles. The van der Waals surface area contributed by atoms with Gasteiger partial charge in [-0.1, -0.05) is 0 Å². The molecule has 5 nitrogen and oxygen atoms in total. The summed E-state index contributed by atoms with van der Waals surface area (Å²) in [4.78, 5) is 11.5. The lowest BCUT2D eigenvalue weighted by molar-refractivity contribution is 0.0771. The third-order valence-corrected chi connectivity index (χ3v) is 2.50. The predicted octanol–water partition coefficient (Wildman–Crippen LogP) is 0.591. The molecule has 0 unspecified atom stereocenters. The Kier molecular flexibility index (Phi) is 6.00. The fraction of sp³-hybridized carbons (Fsp3) is 0.750. The minimum atomic E-state index is 0.0370. The number of ether oxygens (including phenoxy) is 1. The van der Waals surface area contributed by atoms with Crippen molar-refractivity contribution < 1.29 is 4.74 Å². The highest BCUT2D eigenvalue weighted by atomic mass is 16.5. The summed E-state index contributed by atoms with van der Waals surface area (Å²) in [5.41, 5.74) is 0.0370. The highest BCUT2D eigenvalue weighted by Crippen LogP contribution is 1.89. The second-order valence-electron chi connectivity index (χ2n) is 4.41. The Bertz CT molecular complexity index is 368. The first kappa shape index (κ1) is 14.0. The second kappa shape index (κ2) is 7.29. The third-order valence-electron chi connectivity index (χ3n) is 2.50. The summed E-state index contributed by atoms with van der Waals surface area (Å²) in [7, 11) is 1.76. The Hall–Kier alpha value is -1.07. The number of aromatic nitrogens is 2. The largest absolute Gasteiger partial charge is 0.379 e. The van der Waals surface area contributed by atoms with Gasteiger partial charge in [0.25, 0.3) is 0 Å². The fourth-order valence-corrected chi connectivity index (χ4v) is 1.52. The van der Waals surface area contributed by atoms with E-state index in [1.165, 1.54) is 0 Å². The van der Waals surface area contributed by atoms with Gasteiger partial charge in [-0.3, -0.25) is 4.57 Å². The number of imidazole rings is 1. The zero-order valence-electron chi connectivity index (χ0n) is 11.0. The summed E-state index contributed by atoms with van der Waals surface area (Å²) in [6.07, 6.45) is 4.89. The maximum absolute atomic E-state index is 11.5. The molecule has 1 aromatic heterocycles. The molecule has 0 radical (unpaired) electrons. The van der Waals surface area contributed by atoms with Crippen LogP contribution in [0.1, 0.15) is 20.3 Å². The molecule has 0 aliphatic heterocycles. The number of aryl methyl sites for hydroxylation is 1. The SMILES string of the molecule is CC(C)OCCCNCCn1ccn(C)c1=O. The Morgan fingerprint density at radius 1 is 1.35 bits per heavy atom. The number of nitrogens with one attached hydrogen (secondary N) is 1. The lowest BCUT2D eigenvalue weighted by Crippen LogP contribution is -2.28. The number of hydrogen-bond donors (Lipinski definition) is 1. The zero-order chi connectivity index (χ0) is 12.7. The molecule has 1 aromatic rings. The van der Waals surface area contributed by atoms with Gasteiger partial charge < -0.3 is 14.6 Å². The van der Waals surface area contributed by atoms with Crippen LogP contribution in [0.15, 0.2) is 17.2 Å². The van der Waals surface area contributed by atoms with E-state index in [0.717, 1.165) is 26.1 Å². The van der Waals surface area contributed by atoms with Gasteiger partial charge in [-0.25, -0.2) is 4.79 Å². The molecule has 1 rings (SSSR count). The van der Waals surface area contributed by atoms with Crippen LogP contribution in [0.4, 0.5) is 0 Å². The number of rotatable bonds is 8. The standard InChI is InChI=1S/C12H23N3O2/c1-11(2)17-10-4-5-13-6-7-15-9-8-14(3)12(15)16/h8-9,11,13H,4-7,10H2,1-3H3. The molecule has 98 valence electrons. The number of nitrogens with zero attached hydrogens (tertiary/aromatic N) is 2. The molecule has 0 aliphatic carbocycles. The lowest BCUT2D eigenvalue weighted by Gasteiger charge is -2.08. The van der Waals surface area contributed by atoms with Crippen molar-refractivity contribution in [1.82, 2.24) is 14.5 Å². The Balaban J connectivity index is 2.05. The first-order chi connectivity index (χ1) is 8.11. The molecule has 0 saturated carbocycles. The molecule has 0 saturated heterocycles. The van der Waals surface area contributed by atoms with Gasteiger partial charge in [0.1, 0.15) is 0 Å². The highest BCUT2D eigenvalue weighted by Gasteiger charge is 1.98. The van der Waals surface area contributed by atoms with Crippen LogP contribution in [0, 0.1) is 0 Å². The van der Waals surface area contributed by atoms with E-state index in [0.29, 0.717) is 12.6 Å². The maximum atomic E-state index is 11.5. The Labute approximate surface area is 102 Å². The fourth-order valence-electron chi connectivity index (χ4n) is 1.52. The third kappa shape index (κ3) is 5.19. The summed E-state index contributed by atoms with van der Waals surface area (Å²) < 4.78 is 8.72. The van der Waals surface area contributed by atoms with Gasteiger partial charge in [-0.05, 0) is 26.8 Å². The van der Waals surface area contributed by atoms with Crippen LogP contribution in [0.2, 0.25) is 0 Å². The van der Waals surface area contributed by atoms with E-state index in [4.69, 9.17) is 4.74 Å². The normalized spacial score (nSPS) is 11.3. The van der Waals surface area contributed by atoms with Gasteiger partial charge in [-0.2, -0.15) is 0 Å². The van der Waals surface area contributed by atoms with E-state index in [-0.39, 0.29) is 5.69 Å². The second-order valence-corrected chi connectivity index (χ2v) is 4.41. The first-order valence-electron chi connectivity index (χ1n) is 6.15. The van der Waals surface area contributed by atoms with Crippen LogP contribution >= 0.6 is 0 Å². The zero-order valence-corrected chi connectivity index (χ0v) is 11.0.